The monoisotopic (exact) mass is 164 g/mol. The SMILES string of the molecule is CC(C)C1CNS(=O)(=O)N1. The molecule has 0 aromatic carbocycles. The van der Waals surface area contributed by atoms with E-state index in [0.717, 1.165) is 0 Å². The van der Waals surface area contributed by atoms with Crippen LogP contribution in [0.1, 0.15) is 13.8 Å². The average Bonchev–Trinajstić information content (AvgIpc) is 2.10. The van der Waals surface area contributed by atoms with Gasteiger partial charge in [0.15, 0.2) is 0 Å². The number of hydrogen-bond acceptors (Lipinski definition) is 2. The molecule has 0 radical (unpaired) electrons. The Labute approximate surface area is 61.2 Å². The molecule has 0 aliphatic carbocycles. The van der Waals surface area contributed by atoms with Crippen LogP contribution in [0.5, 0.6) is 0 Å². The lowest BCUT2D eigenvalue weighted by Gasteiger charge is -2.10. The van der Waals surface area contributed by atoms with Gasteiger partial charge in [-0.25, -0.2) is 4.72 Å². The van der Waals surface area contributed by atoms with E-state index in [9.17, 15) is 8.42 Å². The van der Waals surface area contributed by atoms with E-state index in [4.69, 9.17) is 0 Å². The van der Waals surface area contributed by atoms with Gasteiger partial charge in [-0.3, -0.25) is 0 Å². The van der Waals surface area contributed by atoms with Crippen molar-refractivity contribution in [2.75, 3.05) is 6.54 Å². The molecule has 2 N–H and O–H groups in total. The minimum Gasteiger partial charge on any atom is -0.201 e. The Kier molecular flexibility index (Phi) is 1.98. The van der Waals surface area contributed by atoms with E-state index >= 15 is 0 Å². The molecule has 1 unspecified atom stereocenters. The van der Waals surface area contributed by atoms with Crippen LogP contribution in [0.3, 0.4) is 0 Å². The molecule has 0 spiro atoms. The van der Waals surface area contributed by atoms with Crippen LogP contribution in [0.15, 0.2) is 0 Å². The molecule has 0 aromatic heterocycles. The zero-order chi connectivity index (χ0) is 7.78. The molecule has 0 saturated carbocycles. The normalized spacial score (nSPS) is 31.3. The Hall–Kier alpha value is -0.130. The zero-order valence-electron chi connectivity index (χ0n) is 6.09. The molecule has 10 heavy (non-hydrogen) atoms. The summed E-state index contributed by atoms with van der Waals surface area (Å²) in [7, 11) is -3.14. The first-order valence-corrected chi connectivity index (χ1v) is 4.76. The summed E-state index contributed by atoms with van der Waals surface area (Å²) in [4.78, 5) is 0. The molecule has 4 nitrogen and oxygen atoms in total. The molecule has 1 heterocycles. The summed E-state index contributed by atoms with van der Waals surface area (Å²) >= 11 is 0. The quantitative estimate of drug-likeness (QED) is 0.546. The Morgan fingerprint density at radius 3 is 2.30 bits per heavy atom. The third-order valence-electron chi connectivity index (χ3n) is 1.60. The molecule has 60 valence electrons. The van der Waals surface area contributed by atoms with Crippen molar-refractivity contribution in [3.8, 4) is 0 Å². The molecular formula is C5H12N2O2S. The predicted molar refractivity (Wildman–Crippen MR) is 38.7 cm³/mol. The van der Waals surface area contributed by atoms with Crippen molar-refractivity contribution >= 4 is 10.2 Å². The highest BCUT2D eigenvalue weighted by Crippen LogP contribution is 2.06. The first-order chi connectivity index (χ1) is 4.51. The van der Waals surface area contributed by atoms with E-state index in [2.05, 4.69) is 9.44 Å². The molecule has 0 bridgehead atoms. The van der Waals surface area contributed by atoms with Crippen LogP contribution in [0.4, 0.5) is 0 Å². The molecule has 0 aromatic rings. The van der Waals surface area contributed by atoms with Crippen LogP contribution < -0.4 is 9.44 Å². The second-order valence-electron chi connectivity index (χ2n) is 2.82. The maximum atomic E-state index is 10.7. The smallest absolute Gasteiger partial charge is 0.201 e. The average molecular weight is 164 g/mol. The largest absolute Gasteiger partial charge is 0.277 e. The van der Waals surface area contributed by atoms with Crippen molar-refractivity contribution in [2.24, 2.45) is 5.92 Å². The van der Waals surface area contributed by atoms with Crippen molar-refractivity contribution in [3.05, 3.63) is 0 Å². The van der Waals surface area contributed by atoms with Gasteiger partial charge in [0, 0.05) is 12.6 Å². The Bertz CT molecular complexity index is 210. The molecule has 1 fully saturated rings. The van der Waals surface area contributed by atoms with Crippen molar-refractivity contribution < 1.29 is 8.42 Å². The van der Waals surface area contributed by atoms with Gasteiger partial charge < -0.3 is 0 Å². The molecular weight excluding hydrogens is 152 g/mol. The molecule has 1 atom stereocenters. The van der Waals surface area contributed by atoms with E-state index in [0.29, 0.717) is 12.5 Å². The van der Waals surface area contributed by atoms with Gasteiger partial charge in [0.1, 0.15) is 0 Å². The molecule has 1 aliphatic heterocycles. The standard InChI is InChI=1S/C5H12N2O2S/c1-4(2)5-3-6-10(8,9)7-5/h4-7H,3H2,1-2H3. The molecule has 1 saturated heterocycles. The molecule has 5 heteroatoms. The maximum absolute atomic E-state index is 10.7. The fourth-order valence-corrected chi connectivity index (χ4v) is 2.09. The maximum Gasteiger partial charge on any atom is 0.277 e. The van der Waals surface area contributed by atoms with Crippen molar-refractivity contribution in [1.29, 1.82) is 0 Å². The van der Waals surface area contributed by atoms with Crippen LogP contribution >= 0.6 is 0 Å². The lowest BCUT2D eigenvalue weighted by molar-refractivity contribution is 0.482. The summed E-state index contributed by atoms with van der Waals surface area (Å²) in [6.07, 6.45) is 0. The van der Waals surface area contributed by atoms with E-state index in [-0.39, 0.29) is 6.04 Å². The zero-order valence-corrected chi connectivity index (χ0v) is 6.90. The lowest BCUT2D eigenvalue weighted by Crippen LogP contribution is -2.31. The Morgan fingerprint density at radius 2 is 2.10 bits per heavy atom. The number of nitrogens with one attached hydrogen (secondary N) is 2. The fourth-order valence-electron chi connectivity index (χ4n) is 0.854. The summed E-state index contributed by atoms with van der Waals surface area (Å²) in [5, 5.41) is 0. The van der Waals surface area contributed by atoms with E-state index in [1.54, 1.807) is 0 Å². The van der Waals surface area contributed by atoms with Crippen molar-refractivity contribution in [2.45, 2.75) is 19.9 Å². The summed E-state index contributed by atoms with van der Waals surface area (Å²) in [6, 6.07) is 0.0602. The highest BCUT2D eigenvalue weighted by Gasteiger charge is 2.27. The number of hydrogen-bond donors (Lipinski definition) is 2. The topological polar surface area (TPSA) is 58.2 Å². The van der Waals surface area contributed by atoms with Gasteiger partial charge in [-0.2, -0.15) is 13.1 Å². The summed E-state index contributed by atoms with van der Waals surface area (Å²) in [5.41, 5.74) is 0. The van der Waals surface area contributed by atoms with Gasteiger partial charge in [-0.05, 0) is 5.92 Å². The molecule has 0 amide bonds. The third-order valence-corrected chi connectivity index (χ3v) is 2.76. The molecule has 1 rings (SSSR count). The van der Waals surface area contributed by atoms with E-state index in [1.807, 2.05) is 13.8 Å². The number of rotatable bonds is 1. The predicted octanol–water partition coefficient (Wildman–Crippen LogP) is -0.551. The fraction of sp³-hybridized carbons (Fsp3) is 1.00. The van der Waals surface area contributed by atoms with E-state index < -0.39 is 10.2 Å². The Balaban J connectivity index is 2.60. The van der Waals surface area contributed by atoms with Crippen LogP contribution in [0.2, 0.25) is 0 Å². The second-order valence-corrected chi connectivity index (χ2v) is 4.35. The van der Waals surface area contributed by atoms with Gasteiger partial charge in [-0.1, -0.05) is 13.8 Å². The van der Waals surface area contributed by atoms with Crippen LogP contribution in [0, 0.1) is 5.92 Å². The summed E-state index contributed by atoms with van der Waals surface area (Å²) < 4.78 is 26.3. The first-order valence-electron chi connectivity index (χ1n) is 3.28. The second kappa shape index (κ2) is 2.48. The van der Waals surface area contributed by atoms with Gasteiger partial charge in [0.25, 0.3) is 10.2 Å². The minimum atomic E-state index is -3.14. The highest BCUT2D eigenvalue weighted by atomic mass is 32.2. The first kappa shape index (κ1) is 7.97. The third kappa shape index (κ3) is 1.68. The van der Waals surface area contributed by atoms with E-state index in [1.165, 1.54) is 0 Å². The van der Waals surface area contributed by atoms with Crippen molar-refractivity contribution in [1.82, 2.24) is 9.44 Å². The van der Waals surface area contributed by atoms with Crippen molar-refractivity contribution in [3.63, 3.8) is 0 Å². The van der Waals surface area contributed by atoms with Crippen LogP contribution in [-0.2, 0) is 10.2 Å². The van der Waals surface area contributed by atoms with Gasteiger partial charge >= 0.3 is 0 Å². The van der Waals surface area contributed by atoms with Gasteiger partial charge in [0.05, 0.1) is 0 Å². The molecule has 1 aliphatic rings. The van der Waals surface area contributed by atoms with Gasteiger partial charge in [-0.15, -0.1) is 0 Å². The van der Waals surface area contributed by atoms with Crippen LogP contribution in [-0.4, -0.2) is 21.0 Å². The van der Waals surface area contributed by atoms with Crippen LogP contribution in [0.25, 0.3) is 0 Å². The minimum absolute atomic E-state index is 0.0602. The summed E-state index contributed by atoms with van der Waals surface area (Å²) in [5.74, 6) is 0.352. The lowest BCUT2D eigenvalue weighted by atomic mass is 10.1. The highest BCUT2D eigenvalue weighted by molar-refractivity contribution is 7.87. The Morgan fingerprint density at radius 1 is 1.50 bits per heavy atom. The van der Waals surface area contributed by atoms with Gasteiger partial charge in [0.2, 0.25) is 0 Å². The summed E-state index contributed by atoms with van der Waals surface area (Å²) in [6.45, 7) is 4.49.